The standard InChI is InChI=1S/C22H31F4N4O10P/c23-13-14(24)20(16(26)21(41)15(13)25)40-12(31)3-6-37-8-4-28-9-10(29-27)2-7-38-22-19(34)18(33)17(32)11(39-22)1-5-30(35)36/h9,11,17-19,22,32-36H,1-8,27,41H2/b28-9?,29-10-/t11?,17-,18?,19?,22+/m1/s1. The van der Waals surface area contributed by atoms with Crippen molar-refractivity contribution in [2.45, 2.75) is 50.0 Å². The zero-order chi connectivity index (χ0) is 30.7. The van der Waals surface area contributed by atoms with Crippen molar-refractivity contribution in [2.24, 2.45) is 15.9 Å². The minimum absolute atomic E-state index is 0.00456. The predicted molar refractivity (Wildman–Crippen MR) is 134 cm³/mol. The van der Waals surface area contributed by atoms with Crippen LogP contribution in [0.5, 0.6) is 5.75 Å². The number of rotatable bonds is 15. The Labute approximate surface area is 233 Å². The Bertz CT molecular complexity index is 1060. The van der Waals surface area contributed by atoms with Crippen LogP contribution in [-0.2, 0) is 19.0 Å². The molecule has 19 heteroatoms. The Balaban J connectivity index is 1.69. The molecule has 1 aromatic carbocycles. The van der Waals surface area contributed by atoms with E-state index in [9.17, 15) is 37.7 Å². The molecule has 1 fully saturated rings. The molecule has 1 aliphatic rings. The van der Waals surface area contributed by atoms with Gasteiger partial charge in [-0.15, -0.1) is 0 Å². The fourth-order valence-corrected chi connectivity index (χ4v) is 3.66. The molecule has 4 unspecified atom stereocenters. The lowest BCUT2D eigenvalue weighted by atomic mass is 9.97. The zero-order valence-electron chi connectivity index (χ0n) is 21.4. The van der Waals surface area contributed by atoms with Gasteiger partial charge in [-0.3, -0.25) is 20.2 Å². The van der Waals surface area contributed by atoms with Crippen molar-refractivity contribution >= 4 is 32.4 Å². The summed E-state index contributed by atoms with van der Waals surface area (Å²) < 4.78 is 74.8. The predicted octanol–water partition coefficient (Wildman–Crippen LogP) is -0.874. The maximum absolute atomic E-state index is 13.9. The number of hydrogen-bond donors (Lipinski definition) is 6. The normalized spacial score (nSPS) is 23.5. The quantitative estimate of drug-likeness (QED) is 0.0135. The molecule has 0 aromatic heterocycles. The van der Waals surface area contributed by atoms with E-state index in [1.807, 2.05) is 0 Å². The molecular weight excluding hydrogens is 587 g/mol. The van der Waals surface area contributed by atoms with Gasteiger partial charge in [-0.25, -0.2) is 13.2 Å². The topological polar surface area (TPSA) is 209 Å². The molecule has 7 N–H and O–H groups in total. The highest BCUT2D eigenvalue weighted by Crippen LogP contribution is 2.27. The van der Waals surface area contributed by atoms with Crippen molar-refractivity contribution in [1.82, 2.24) is 5.23 Å². The van der Waals surface area contributed by atoms with Crippen molar-refractivity contribution in [2.75, 3.05) is 32.9 Å². The minimum atomic E-state index is -1.98. The van der Waals surface area contributed by atoms with Crippen LogP contribution in [0.3, 0.4) is 0 Å². The van der Waals surface area contributed by atoms with Crippen LogP contribution in [0, 0.1) is 23.3 Å². The number of aliphatic imine (C=N–C) groups is 1. The summed E-state index contributed by atoms with van der Waals surface area (Å²) in [5.41, 5.74) is 0.260. The molecule has 0 amide bonds. The monoisotopic (exact) mass is 618 g/mol. The molecule has 1 heterocycles. The van der Waals surface area contributed by atoms with E-state index in [1.54, 1.807) is 9.24 Å². The van der Waals surface area contributed by atoms with Gasteiger partial charge in [0.25, 0.3) is 0 Å². The number of carbonyl (C=O) groups excluding carboxylic acids is 1. The maximum atomic E-state index is 13.9. The van der Waals surface area contributed by atoms with E-state index >= 15 is 0 Å². The second kappa shape index (κ2) is 16.9. The first-order valence-electron chi connectivity index (χ1n) is 12.0. The number of nitrogens with zero attached hydrogens (tertiary/aromatic N) is 3. The highest BCUT2D eigenvalue weighted by atomic mass is 31.0. The van der Waals surface area contributed by atoms with Crippen molar-refractivity contribution in [3.8, 4) is 5.75 Å². The van der Waals surface area contributed by atoms with Gasteiger partial charge in [-0.2, -0.15) is 9.49 Å². The molecule has 0 saturated carbocycles. The molecule has 0 spiro atoms. The molecule has 6 atom stereocenters. The summed E-state index contributed by atoms with van der Waals surface area (Å²) in [5, 5.41) is 50.2. The van der Waals surface area contributed by atoms with Gasteiger partial charge in [-0.1, -0.05) is 14.5 Å². The highest BCUT2D eigenvalue weighted by molar-refractivity contribution is 7.27. The molecule has 1 aromatic rings. The Morgan fingerprint density at radius 3 is 2.37 bits per heavy atom. The number of esters is 1. The zero-order valence-corrected chi connectivity index (χ0v) is 22.6. The Morgan fingerprint density at radius 1 is 1.00 bits per heavy atom. The molecule has 1 saturated heterocycles. The van der Waals surface area contributed by atoms with E-state index in [-0.39, 0.29) is 56.7 Å². The fraction of sp³-hybridized carbons (Fsp3) is 0.591. The van der Waals surface area contributed by atoms with E-state index in [0.29, 0.717) is 0 Å². The summed E-state index contributed by atoms with van der Waals surface area (Å²) in [6.45, 7) is -0.547. The van der Waals surface area contributed by atoms with Crippen molar-refractivity contribution in [3.63, 3.8) is 0 Å². The molecule has 2 rings (SSSR count). The first kappa shape index (κ1) is 34.8. The number of hydroxylamine groups is 2. The van der Waals surface area contributed by atoms with Crippen molar-refractivity contribution in [1.29, 1.82) is 0 Å². The molecule has 14 nitrogen and oxygen atoms in total. The van der Waals surface area contributed by atoms with Crippen molar-refractivity contribution < 1.29 is 67.0 Å². The van der Waals surface area contributed by atoms with Crippen LogP contribution < -0.4 is 15.9 Å². The van der Waals surface area contributed by atoms with Gasteiger partial charge in [0, 0.05) is 17.9 Å². The summed E-state index contributed by atoms with van der Waals surface area (Å²) >= 11 is 0. The van der Waals surface area contributed by atoms with Crippen LogP contribution in [0.25, 0.3) is 0 Å². The molecule has 1 aliphatic heterocycles. The number of carbonyl (C=O) groups is 1. The fourth-order valence-electron chi connectivity index (χ4n) is 3.41. The highest BCUT2D eigenvalue weighted by Gasteiger charge is 2.44. The largest absolute Gasteiger partial charge is 0.420 e. The molecule has 232 valence electrons. The SMILES string of the molecule is N/N=C(\C=NCCOCCC(=O)Oc1c(F)c(F)c(F)c(P)c1F)CCO[C@H]1OC(CCN(O)O)[C@@H](O)C(O)C1O. The average molecular weight is 618 g/mol. The van der Waals surface area contributed by atoms with Gasteiger partial charge < -0.3 is 40.1 Å². The third-order valence-electron chi connectivity index (χ3n) is 5.62. The van der Waals surface area contributed by atoms with Gasteiger partial charge in [0.1, 0.15) is 18.3 Å². The summed E-state index contributed by atoms with van der Waals surface area (Å²) in [6.07, 6.45) is -6.22. The molecular formula is C22H31F4N4O10P. The lowest BCUT2D eigenvalue weighted by Crippen LogP contribution is -2.58. The van der Waals surface area contributed by atoms with Crippen molar-refractivity contribution in [3.05, 3.63) is 23.3 Å². The Kier molecular flexibility index (Phi) is 14.4. The molecule has 0 aliphatic carbocycles. The van der Waals surface area contributed by atoms with Gasteiger partial charge >= 0.3 is 5.97 Å². The summed E-state index contributed by atoms with van der Waals surface area (Å²) in [6, 6.07) is 0. The maximum Gasteiger partial charge on any atom is 0.313 e. The van der Waals surface area contributed by atoms with E-state index in [1.165, 1.54) is 6.21 Å². The second-order valence-corrected chi connectivity index (χ2v) is 9.09. The van der Waals surface area contributed by atoms with Gasteiger partial charge in [-0.05, 0) is 6.42 Å². The lowest BCUT2D eigenvalue weighted by Gasteiger charge is -2.40. The van der Waals surface area contributed by atoms with Crippen LogP contribution >= 0.6 is 9.24 Å². The number of nitrogens with two attached hydrogens (primary N) is 1. The van der Waals surface area contributed by atoms with Gasteiger partial charge in [0.2, 0.25) is 11.6 Å². The summed E-state index contributed by atoms with van der Waals surface area (Å²) in [7, 11) is 1.54. The van der Waals surface area contributed by atoms with Crippen LogP contribution in [0.15, 0.2) is 10.1 Å². The van der Waals surface area contributed by atoms with Gasteiger partial charge in [0.15, 0.2) is 23.7 Å². The van der Waals surface area contributed by atoms with E-state index in [0.717, 1.165) is 0 Å². The third-order valence-corrected chi connectivity index (χ3v) is 6.12. The minimum Gasteiger partial charge on any atom is -0.420 e. The Hall–Kier alpha value is -2.38. The summed E-state index contributed by atoms with van der Waals surface area (Å²) in [5.74, 6) is -4.49. The molecule has 41 heavy (non-hydrogen) atoms. The number of hydrogen-bond acceptors (Lipinski definition) is 14. The molecule has 0 bridgehead atoms. The first-order chi connectivity index (χ1) is 19.4. The third kappa shape index (κ3) is 10.1. The average Bonchev–Trinajstić information content (AvgIpc) is 2.94. The lowest BCUT2D eigenvalue weighted by molar-refractivity contribution is -0.323. The second-order valence-electron chi connectivity index (χ2n) is 8.51. The number of hydrazone groups is 1. The van der Waals surface area contributed by atoms with Crippen LogP contribution in [0.1, 0.15) is 19.3 Å². The van der Waals surface area contributed by atoms with E-state index in [2.05, 4.69) is 14.8 Å². The number of ether oxygens (including phenoxy) is 4. The van der Waals surface area contributed by atoms with Crippen LogP contribution in [0.2, 0.25) is 0 Å². The van der Waals surface area contributed by atoms with Crippen LogP contribution in [-0.4, -0.2) is 112 Å². The number of aliphatic hydroxyl groups is 3. The number of benzene rings is 1. The first-order valence-corrected chi connectivity index (χ1v) is 12.6. The van der Waals surface area contributed by atoms with Crippen LogP contribution in [0.4, 0.5) is 17.6 Å². The number of halogens is 4. The van der Waals surface area contributed by atoms with E-state index < -0.39 is 77.4 Å². The smallest absolute Gasteiger partial charge is 0.313 e. The van der Waals surface area contributed by atoms with E-state index in [4.69, 9.17) is 30.5 Å². The molecule has 0 radical (unpaired) electrons. The van der Waals surface area contributed by atoms with Gasteiger partial charge in [0.05, 0.1) is 51.1 Å². The number of aliphatic hydroxyl groups excluding tert-OH is 3. The summed E-state index contributed by atoms with van der Waals surface area (Å²) in [4.78, 5) is 15.8. The Morgan fingerprint density at radius 2 is 1.71 bits per heavy atom.